The highest BCUT2D eigenvalue weighted by Crippen LogP contribution is 2.24. The fourth-order valence-electron chi connectivity index (χ4n) is 1.83. The number of aliphatic hydroxyl groups excluding tert-OH is 1. The van der Waals surface area contributed by atoms with Crippen LogP contribution in [0.2, 0.25) is 0 Å². The molecular weight excluding hydrogens is 190 g/mol. The first-order valence-electron chi connectivity index (χ1n) is 5.14. The van der Waals surface area contributed by atoms with Crippen LogP contribution in [0.5, 0.6) is 5.75 Å². The molecule has 78 valence electrons. The molecule has 1 fully saturated rings. The zero-order chi connectivity index (χ0) is 10.7. The zero-order valence-corrected chi connectivity index (χ0v) is 8.39. The third-order valence-corrected chi connectivity index (χ3v) is 2.69. The molecule has 0 bridgehead atoms. The Morgan fingerprint density at radius 1 is 1.27 bits per heavy atom. The molecule has 0 amide bonds. The van der Waals surface area contributed by atoms with Crippen LogP contribution in [-0.4, -0.2) is 17.3 Å². The third kappa shape index (κ3) is 2.28. The summed E-state index contributed by atoms with van der Waals surface area (Å²) in [5.41, 5.74) is 0.620. The maximum Gasteiger partial charge on any atom is 0.124 e. The molecule has 0 saturated heterocycles. The minimum atomic E-state index is -0.347. The van der Waals surface area contributed by atoms with E-state index in [2.05, 4.69) is 6.07 Å². The maximum absolute atomic E-state index is 9.57. The Bertz CT molecular complexity index is 366. The van der Waals surface area contributed by atoms with Gasteiger partial charge in [-0.3, -0.25) is 0 Å². The topological polar surface area (TPSA) is 53.2 Å². The number of hydrogen-bond acceptors (Lipinski definition) is 3. The average Bonchev–Trinajstić information content (AvgIpc) is 2.66. The van der Waals surface area contributed by atoms with Crippen molar-refractivity contribution in [2.75, 3.05) is 0 Å². The van der Waals surface area contributed by atoms with Gasteiger partial charge in [0.1, 0.15) is 11.9 Å². The summed E-state index contributed by atoms with van der Waals surface area (Å²) in [4.78, 5) is 0. The molecule has 0 radical (unpaired) electrons. The Hall–Kier alpha value is -1.53. The van der Waals surface area contributed by atoms with Gasteiger partial charge in [0.25, 0.3) is 0 Å². The maximum atomic E-state index is 9.57. The molecule has 15 heavy (non-hydrogen) atoms. The van der Waals surface area contributed by atoms with Gasteiger partial charge in [-0.25, -0.2) is 0 Å². The van der Waals surface area contributed by atoms with Crippen LogP contribution in [0, 0.1) is 11.3 Å². The van der Waals surface area contributed by atoms with Crippen LogP contribution in [-0.2, 0) is 0 Å². The zero-order valence-electron chi connectivity index (χ0n) is 8.39. The summed E-state index contributed by atoms with van der Waals surface area (Å²) < 4.78 is 5.63. The summed E-state index contributed by atoms with van der Waals surface area (Å²) >= 11 is 0. The van der Waals surface area contributed by atoms with E-state index in [0.29, 0.717) is 5.56 Å². The largest absolute Gasteiger partial charge is 0.488 e. The van der Waals surface area contributed by atoms with E-state index in [1.165, 1.54) is 0 Å². The predicted molar refractivity (Wildman–Crippen MR) is 55.4 cm³/mol. The second kappa shape index (κ2) is 4.33. The van der Waals surface area contributed by atoms with Gasteiger partial charge in [0.15, 0.2) is 0 Å². The number of hydrogen-bond donors (Lipinski definition) is 1. The fourth-order valence-corrected chi connectivity index (χ4v) is 1.83. The van der Waals surface area contributed by atoms with Crippen molar-refractivity contribution in [3.63, 3.8) is 0 Å². The smallest absolute Gasteiger partial charge is 0.124 e. The number of benzene rings is 1. The Labute approximate surface area is 88.9 Å². The first kappa shape index (κ1) is 10.0. The van der Waals surface area contributed by atoms with E-state index < -0.39 is 0 Å². The Balaban J connectivity index is 2.02. The van der Waals surface area contributed by atoms with Gasteiger partial charge in [-0.05, 0) is 43.5 Å². The average molecular weight is 203 g/mol. The Morgan fingerprint density at radius 2 is 2.00 bits per heavy atom. The summed E-state index contributed by atoms with van der Waals surface area (Å²) in [5.74, 6) is 0.722. The highest BCUT2D eigenvalue weighted by Gasteiger charge is 2.26. The molecule has 2 rings (SSSR count). The molecule has 1 aliphatic carbocycles. The molecule has 0 spiro atoms. The Morgan fingerprint density at radius 3 is 2.53 bits per heavy atom. The summed E-state index contributed by atoms with van der Waals surface area (Å²) in [7, 11) is 0. The molecule has 1 aliphatic rings. The van der Waals surface area contributed by atoms with Gasteiger partial charge >= 0.3 is 0 Å². The summed E-state index contributed by atoms with van der Waals surface area (Å²) in [6, 6.07) is 9.02. The van der Waals surface area contributed by atoms with E-state index in [0.717, 1.165) is 25.0 Å². The van der Waals surface area contributed by atoms with Crippen molar-refractivity contribution in [3.05, 3.63) is 29.8 Å². The first-order chi connectivity index (χ1) is 7.29. The monoisotopic (exact) mass is 203 g/mol. The predicted octanol–water partition coefficient (Wildman–Crippen LogP) is 1.85. The van der Waals surface area contributed by atoms with Crippen LogP contribution in [0.3, 0.4) is 0 Å². The van der Waals surface area contributed by atoms with Crippen molar-refractivity contribution in [2.45, 2.75) is 31.5 Å². The van der Waals surface area contributed by atoms with E-state index in [4.69, 9.17) is 10.00 Å². The van der Waals surface area contributed by atoms with Gasteiger partial charge < -0.3 is 9.84 Å². The first-order valence-corrected chi connectivity index (χ1v) is 5.14. The van der Waals surface area contributed by atoms with Gasteiger partial charge in [0, 0.05) is 0 Å². The minimum absolute atomic E-state index is 0.0852. The molecule has 1 aromatic carbocycles. The minimum Gasteiger partial charge on any atom is -0.488 e. The fraction of sp³-hybridized carbons (Fsp3) is 0.417. The summed E-state index contributed by atoms with van der Waals surface area (Å²) in [6.45, 7) is 0. The van der Waals surface area contributed by atoms with Crippen molar-refractivity contribution >= 4 is 0 Å². The molecule has 0 aromatic heterocycles. The van der Waals surface area contributed by atoms with Gasteiger partial charge in [0.05, 0.1) is 17.7 Å². The second-order valence-electron chi connectivity index (χ2n) is 3.79. The standard InChI is InChI=1S/C12H13NO2/c13-8-9-4-6-10(7-5-9)15-12-3-1-2-11(12)14/h4-7,11-12,14H,1-3H2/t11-,12-/m1/s1. The second-order valence-corrected chi connectivity index (χ2v) is 3.79. The SMILES string of the molecule is N#Cc1ccc(O[C@@H]2CCC[C@H]2O)cc1. The van der Waals surface area contributed by atoms with E-state index in [-0.39, 0.29) is 12.2 Å². The highest BCUT2D eigenvalue weighted by molar-refractivity contribution is 5.34. The highest BCUT2D eigenvalue weighted by atomic mass is 16.5. The van der Waals surface area contributed by atoms with Gasteiger partial charge in [0.2, 0.25) is 0 Å². The van der Waals surface area contributed by atoms with Crippen LogP contribution < -0.4 is 4.74 Å². The van der Waals surface area contributed by atoms with Gasteiger partial charge in [-0.15, -0.1) is 0 Å². The van der Waals surface area contributed by atoms with Crippen molar-refractivity contribution < 1.29 is 9.84 Å². The van der Waals surface area contributed by atoms with E-state index in [1.54, 1.807) is 24.3 Å². The van der Waals surface area contributed by atoms with Crippen LogP contribution in [0.4, 0.5) is 0 Å². The van der Waals surface area contributed by atoms with Crippen LogP contribution >= 0.6 is 0 Å². The van der Waals surface area contributed by atoms with E-state index in [1.807, 2.05) is 0 Å². The van der Waals surface area contributed by atoms with Crippen molar-refractivity contribution in [3.8, 4) is 11.8 Å². The van der Waals surface area contributed by atoms with Crippen molar-refractivity contribution in [1.29, 1.82) is 5.26 Å². The molecule has 1 aromatic rings. The number of nitrogens with zero attached hydrogens (tertiary/aromatic N) is 1. The molecule has 0 unspecified atom stereocenters. The third-order valence-electron chi connectivity index (χ3n) is 2.69. The lowest BCUT2D eigenvalue weighted by Crippen LogP contribution is -2.25. The van der Waals surface area contributed by atoms with Crippen LogP contribution in [0.25, 0.3) is 0 Å². The van der Waals surface area contributed by atoms with Crippen molar-refractivity contribution in [2.24, 2.45) is 0 Å². The van der Waals surface area contributed by atoms with Crippen molar-refractivity contribution in [1.82, 2.24) is 0 Å². The lowest BCUT2D eigenvalue weighted by molar-refractivity contribution is 0.0604. The van der Waals surface area contributed by atoms with Gasteiger partial charge in [-0.1, -0.05) is 0 Å². The number of rotatable bonds is 2. The van der Waals surface area contributed by atoms with E-state index >= 15 is 0 Å². The molecular formula is C12H13NO2. The molecule has 0 aliphatic heterocycles. The molecule has 0 heterocycles. The molecule has 3 nitrogen and oxygen atoms in total. The summed E-state index contributed by atoms with van der Waals surface area (Å²) in [5, 5.41) is 18.2. The molecule has 1 saturated carbocycles. The van der Waals surface area contributed by atoms with E-state index in [9.17, 15) is 5.11 Å². The molecule has 3 heteroatoms. The lowest BCUT2D eigenvalue weighted by Gasteiger charge is -2.16. The lowest BCUT2D eigenvalue weighted by atomic mass is 10.2. The van der Waals surface area contributed by atoms with Crippen LogP contribution in [0.1, 0.15) is 24.8 Å². The normalized spacial score (nSPS) is 24.8. The van der Waals surface area contributed by atoms with Gasteiger partial charge in [-0.2, -0.15) is 5.26 Å². The number of ether oxygens (including phenoxy) is 1. The summed E-state index contributed by atoms with van der Waals surface area (Å²) in [6.07, 6.45) is 2.31. The number of nitriles is 1. The van der Waals surface area contributed by atoms with Crippen LogP contribution in [0.15, 0.2) is 24.3 Å². The molecule has 1 N–H and O–H groups in total. The Kier molecular flexibility index (Phi) is 2.89. The molecule has 2 atom stereocenters. The number of aliphatic hydroxyl groups is 1. The quantitative estimate of drug-likeness (QED) is 0.798.